The fraction of sp³-hybridized carbons (Fsp3) is 0.476. The van der Waals surface area contributed by atoms with Crippen molar-refractivity contribution < 1.29 is 4.79 Å². The summed E-state index contributed by atoms with van der Waals surface area (Å²) in [4.78, 5) is 24.4. The zero-order valence-corrected chi connectivity index (χ0v) is 15.4. The Bertz CT molecular complexity index is 853. The number of fused-ring (bicyclic) bond motifs is 1. The molecule has 1 saturated carbocycles. The van der Waals surface area contributed by atoms with Crippen LogP contribution in [0.25, 0.3) is 0 Å². The molecule has 6 heteroatoms. The van der Waals surface area contributed by atoms with Gasteiger partial charge >= 0.3 is 0 Å². The summed E-state index contributed by atoms with van der Waals surface area (Å²) in [6, 6.07) is 9.96. The summed E-state index contributed by atoms with van der Waals surface area (Å²) in [5, 5.41) is 6.58. The summed E-state index contributed by atoms with van der Waals surface area (Å²) in [5.41, 5.74) is 2.52. The topological polar surface area (TPSA) is 70.2 Å². The van der Waals surface area contributed by atoms with E-state index in [1.165, 1.54) is 31.4 Å². The first-order chi connectivity index (χ1) is 13.2. The van der Waals surface area contributed by atoms with Crippen LogP contribution in [0, 0.1) is 0 Å². The average Bonchev–Trinajstić information content (AvgIpc) is 3.25. The molecule has 1 aromatic carbocycles. The minimum atomic E-state index is -0.534. The Morgan fingerprint density at radius 3 is 2.56 bits per heavy atom. The number of carbonyl (C=O) groups is 1. The number of para-hydroxylation sites is 2. The predicted octanol–water partition coefficient (Wildman–Crippen LogP) is 3.54. The SMILES string of the molecule is O=C1Nc2ccccc2NC12CCN(c1nccc(C3CCCC3)n1)CC2. The highest BCUT2D eigenvalue weighted by Crippen LogP contribution is 2.37. The van der Waals surface area contributed by atoms with E-state index in [2.05, 4.69) is 26.6 Å². The molecule has 2 aromatic rings. The van der Waals surface area contributed by atoms with Gasteiger partial charge in [0.05, 0.1) is 11.4 Å². The summed E-state index contributed by atoms with van der Waals surface area (Å²) in [7, 11) is 0. The fourth-order valence-corrected chi connectivity index (χ4v) is 4.66. The van der Waals surface area contributed by atoms with E-state index in [9.17, 15) is 4.79 Å². The number of benzene rings is 1. The Hall–Kier alpha value is -2.63. The van der Waals surface area contributed by atoms with Crippen LogP contribution in [0.1, 0.15) is 50.1 Å². The second-order valence-electron chi connectivity index (χ2n) is 7.96. The number of hydrogen-bond acceptors (Lipinski definition) is 5. The minimum Gasteiger partial charge on any atom is -0.369 e. The first-order valence-electron chi connectivity index (χ1n) is 10.0. The molecule has 2 aliphatic heterocycles. The van der Waals surface area contributed by atoms with Crippen LogP contribution in [-0.2, 0) is 4.79 Å². The van der Waals surface area contributed by atoms with Crippen molar-refractivity contribution in [2.45, 2.75) is 50.0 Å². The molecule has 0 unspecified atom stereocenters. The van der Waals surface area contributed by atoms with Gasteiger partial charge in [-0.15, -0.1) is 0 Å². The number of rotatable bonds is 2. The standard InChI is InChI=1S/C21H25N5O/c27-19-21(25-18-8-4-3-7-17(18)23-19)10-13-26(14-11-21)20-22-12-9-16(24-20)15-5-1-2-6-15/h3-4,7-9,12,15,25H,1-2,5-6,10-11,13-14H2,(H,23,27). The maximum atomic E-state index is 12.8. The average molecular weight is 363 g/mol. The molecule has 0 bridgehead atoms. The molecule has 1 aromatic heterocycles. The zero-order chi connectivity index (χ0) is 18.3. The minimum absolute atomic E-state index is 0.0708. The van der Waals surface area contributed by atoms with E-state index in [1.54, 1.807) is 0 Å². The molecule has 6 nitrogen and oxygen atoms in total. The van der Waals surface area contributed by atoms with Crippen molar-refractivity contribution in [2.24, 2.45) is 0 Å². The van der Waals surface area contributed by atoms with E-state index in [0.717, 1.165) is 43.3 Å². The highest BCUT2D eigenvalue weighted by Gasteiger charge is 2.44. The molecule has 0 atom stereocenters. The van der Waals surface area contributed by atoms with E-state index in [0.29, 0.717) is 5.92 Å². The lowest BCUT2D eigenvalue weighted by Crippen LogP contribution is -2.58. The third kappa shape index (κ3) is 2.93. The zero-order valence-electron chi connectivity index (χ0n) is 15.4. The van der Waals surface area contributed by atoms with Crippen molar-refractivity contribution in [1.82, 2.24) is 9.97 Å². The number of amides is 1. The molecule has 2 N–H and O–H groups in total. The molecule has 1 saturated heterocycles. The summed E-state index contributed by atoms with van der Waals surface area (Å²) in [6.45, 7) is 1.55. The van der Waals surface area contributed by atoms with Crippen LogP contribution in [0.4, 0.5) is 17.3 Å². The third-order valence-corrected chi connectivity index (χ3v) is 6.32. The smallest absolute Gasteiger partial charge is 0.250 e. The van der Waals surface area contributed by atoms with Crippen molar-refractivity contribution in [2.75, 3.05) is 28.6 Å². The van der Waals surface area contributed by atoms with Gasteiger partial charge in [-0.1, -0.05) is 25.0 Å². The molecule has 3 aliphatic rings. The van der Waals surface area contributed by atoms with E-state index in [-0.39, 0.29) is 5.91 Å². The number of aromatic nitrogens is 2. The predicted molar refractivity (Wildman–Crippen MR) is 106 cm³/mol. The number of nitrogens with one attached hydrogen (secondary N) is 2. The normalized spacial score (nSPS) is 21.6. The van der Waals surface area contributed by atoms with E-state index in [1.807, 2.05) is 30.5 Å². The Morgan fingerprint density at radius 1 is 1.04 bits per heavy atom. The number of hydrogen-bond donors (Lipinski definition) is 2. The van der Waals surface area contributed by atoms with Gasteiger partial charge in [0.1, 0.15) is 5.54 Å². The number of anilines is 3. The Labute approximate surface area is 159 Å². The van der Waals surface area contributed by atoms with E-state index in [4.69, 9.17) is 4.98 Å². The molecule has 140 valence electrons. The van der Waals surface area contributed by atoms with Gasteiger partial charge in [0.25, 0.3) is 0 Å². The highest BCUT2D eigenvalue weighted by molar-refractivity contribution is 6.06. The van der Waals surface area contributed by atoms with Crippen molar-refractivity contribution in [1.29, 1.82) is 0 Å². The van der Waals surface area contributed by atoms with Gasteiger partial charge < -0.3 is 15.5 Å². The van der Waals surface area contributed by atoms with Crippen molar-refractivity contribution >= 4 is 23.2 Å². The molecule has 2 fully saturated rings. The molecule has 1 spiro atoms. The summed E-state index contributed by atoms with van der Waals surface area (Å²) < 4.78 is 0. The number of piperidine rings is 1. The van der Waals surface area contributed by atoms with Crippen LogP contribution in [0.3, 0.4) is 0 Å². The van der Waals surface area contributed by atoms with Gasteiger partial charge in [-0.05, 0) is 43.9 Å². The van der Waals surface area contributed by atoms with Gasteiger partial charge in [-0.25, -0.2) is 9.97 Å². The van der Waals surface area contributed by atoms with Crippen LogP contribution in [0.15, 0.2) is 36.5 Å². The van der Waals surface area contributed by atoms with Crippen molar-refractivity contribution in [3.8, 4) is 0 Å². The van der Waals surface area contributed by atoms with E-state index < -0.39 is 5.54 Å². The lowest BCUT2D eigenvalue weighted by Gasteiger charge is -2.44. The van der Waals surface area contributed by atoms with Crippen LogP contribution in [0.2, 0.25) is 0 Å². The van der Waals surface area contributed by atoms with Gasteiger partial charge in [-0.2, -0.15) is 0 Å². The maximum Gasteiger partial charge on any atom is 0.250 e. The van der Waals surface area contributed by atoms with Crippen LogP contribution in [0.5, 0.6) is 0 Å². The van der Waals surface area contributed by atoms with Crippen molar-refractivity contribution in [3.05, 3.63) is 42.2 Å². The Kier molecular flexibility index (Phi) is 3.99. The summed E-state index contributed by atoms with van der Waals surface area (Å²) in [6.07, 6.45) is 8.46. The molecule has 1 amide bonds. The second-order valence-corrected chi connectivity index (χ2v) is 7.96. The molecular weight excluding hydrogens is 338 g/mol. The number of nitrogens with zero attached hydrogens (tertiary/aromatic N) is 3. The second kappa shape index (κ2) is 6.51. The molecule has 0 radical (unpaired) electrons. The maximum absolute atomic E-state index is 12.8. The third-order valence-electron chi connectivity index (χ3n) is 6.32. The lowest BCUT2D eigenvalue weighted by atomic mass is 9.84. The highest BCUT2D eigenvalue weighted by atomic mass is 16.2. The molecule has 5 rings (SSSR count). The molecule has 27 heavy (non-hydrogen) atoms. The first kappa shape index (κ1) is 16.5. The van der Waals surface area contributed by atoms with E-state index >= 15 is 0 Å². The van der Waals surface area contributed by atoms with Crippen LogP contribution in [-0.4, -0.2) is 34.5 Å². The first-order valence-corrected chi connectivity index (χ1v) is 10.0. The number of carbonyl (C=O) groups excluding carboxylic acids is 1. The lowest BCUT2D eigenvalue weighted by molar-refractivity contribution is -0.121. The fourth-order valence-electron chi connectivity index (χ4n) is 4.66. The van der Waals surface area contributed by atoms with Gasteiger partial charge in [0.15, 0.2) is 0 Å². The Morgan fingerprint density at radius 2 is 1.78 bits per heavy atom. The quantitative estimate of drug-likeness (QED) is 0.854. The monoisotopic (exact) mass is 363 g/mol. The van der Waals surface area contributed by atoms with Crippen molar-refractivity contribution in [3.63, 3.8) is 0 Å². The van der Waals surface area contributed by atoms with Gasteiger partial charge in [-0.3, -0.25) is 4.79 Å². The largest absolute Gasteiger partial charge is 0.369 e. The Balaban J connectivity index is 1.32. The summed E-state index contributed by atoms with van der Waals surface area (Å²) >= 11 is 0. The summed E-state index contributed by atoms with van der Waals surface area (Å²) in [5.74, 6) is 1.47. The molecular formula is C21H25N5O. The van der Waals surface area contributed by atoms with Crippen LogP contribution < -0.4 is 15.5 Å². The molecule has 3 heterocycles. The molecule has 1 aliphatic carbocycles. The van der Waals surface area contributed by atoms with Gasteiger partial charge in [0.2, 0.25) is 11.9 Å². The van der Waals surface area contributed by atoms with Crippen LogP contribution >= 0.6 is 0 Å². The van der Waals surface area contributed by atoms with Gasteiger partial charge in [0, 0.05) is 30.9 Å².